The van der Waals surface area contributed by atoms with E-state index >= 15 is 0 Å². The Labute approximate surface area is 190 Å². The number of benzene rings is 2. The summed E-state index contributed by atoms with van der Waals surface area (Å²) in [7, 11) is 0. The number of amides is 1. The largest absolute Gasteiger partial charge is 0.389 e. The summed E-state index contributed by atoms with van der Waals surface area (Å²) in [5, 5.41) is 45.4. The molecule has 4 rings (SSSR count). The number of nitrogens with one attached hydrogen (secondary N) is 2. The molecule has 1 aliphatic rings. The summed E-state index contributed by atoms with van der Waals surface area (Å²) in [4.78, 5) is 17.4. The number of aromatic amines is 1. The SMILES string of the molecule is O=C(NC(Cc1ccccc1)C(O)C(O)N1CC(O)C(O)C1)c1cc2cc(Cl)ccc2[nH]1. The van der Waals surface area contributed by atoms with Crippen molar-refractivity contribution >= 4 is 28.4 Å². The van der Waals surface area contributed by atoms with Crippen LogP contribution in [0.25, 0.3) is 10.9 Å². The molecular weight excluding hydrogens is 434 g/mol. The molecule has 1 amide bonds. The molecular formula is C23H26ClN3O5. The lowest BCUT2D eigenvalue weighted by atomic mass is 9.99. The Morgan fingerprint density at radius 1 is 1.09 bits per heavy atom. The average molecular weight is 460 g/mol. The minimum atomic E-state index is -1.38. The fraction of sp³-hybridized carbons (Fsp3) is 0.348. The van der Waals surface area contributed by atoms with E-state index in [9.17, 15) is 25.2 Å². The Morgan fingerprint density at radius 2 is 1.78 bits per heavy atom. The molecule has 1 fully saturated rings. The van der Waals surface area contributed by atoms with Crippen LogP contribution in [0.2, 0.25) is 5.02 Å². The number of halogens is 1. The number of likely N-dealkylation sites (tertiary alicyclic amines) is 1. The standard InChI is InChI=1S/C23H26ClN3O5/c24-15-6-7-16-14(9-15)10-18(25-16)22(31)26-17(8-13-4-2-1-3-5-13)21(30)23(32)27-11-19(28)20(29)12-27/h1-7,9-10,17,19-21,23,25,28-30,32H,8,11-12H2,(H,26,31). The molecule has 9 heteroatoms. The van der Waals surface area contributed by atoms with Crippen LogP contribution in [0.4, 0.5) is 0 Å². The lowest BCUT2D eigenvalue weighted by Gasteiger charge is -2.32. The second kappa shape index (κ2) is 9.58. The first-order valence-electron chi connectivity index (χ1n) is 10.4. The fourth-order valence-electron chi connectivity index (χ4n) is 4.04. The smallest absolute Gasteiger partial charge is 0.268 e. The van der Waals surface area contributed by atoms with E-state index in [1.807, 2.05) is 30.3 Å². The van der Waals surface area contributed by atoms with Crippen LogP contribution in [0.1, 0.15) is 16.1 Å². The van der Waals surface area contributed by atoms with Crippen LogP contribution in [-0.4, -0.2) is 79.9 Å². The van der Waals surface area contributed by atoms with E-state index in [2.05, 4.69) is 10.3 Å². The van der Waals surface area contributed by atoms with Crippen molar-refractivity contribution in [2.24, 2.45) is 0 Å². The molecule has 32 heavy (non-hydrogen) atoms. The predicted molar refractivity (Wildman–Crippen MR) is 120 cm³/mol. The van der Waals surface area contributed by atoms with Gasteiger partial charge in [-0.05, 0) is 36.2 Å². The number of aliphatic hydroxyl groups is 4. The van der Waals surface area contributed by atoms with Crippen LogP contribution in [0.15, 0.2) is 54.6 Å². The molecule has 2 heterocycles. The van der Waals surface area contributed by atoms with Gasteiger partial charge in [-0.1, -0.05) is 41.9 Å². The number of carbonyl (C=O) groups excluding carboxylic acids is 1. The second-order valence-electron chi connectivity index (χ2n) is 8.18. The molecule has 8 nitrogen and oxygen atoms in total. The van der Waals surface area contributed by atoms with Crippen molar-refractivity contribution in [2.45, 2.75) is 37.0 Å². The maximum absolute atomic E-state index is 13.0. The molecule has 1 aromatic heterocycles. The summed E-state index contributed by atoms with van der Waals surface area (Å²) in [6, 6.07) is 15.4. The molecule has 0 aliphatic carbocycles. The fourth-order valence-corrected chi connectivity index (χ4v) is 4.22. The Morgan fingerprint density at radius 3 is 2.47 bits per heavy atom. The van der Waals surface area contributed by atoms with Gasteiger partial charge < -0.3 is 30.7 Å². The average Bonchev–Trinajstić information content (AvgIpc) is 3.35. The first kappa shape index (κ1) is 22.7. The summed E-state index contributed by atoms with van der Waals surface area (Å²) in [5.41, 5.74) is 1.92. The highest BCUT2D eigenvalue weighted by atomic mass is 35.5. The number of hydrogen-bond donors (Lipinski definition) is 6. The zero-order valence-corrected chi connectivity index (χ0v) is 18.0. The lowest BCUT2D eigenvalue weighted by molar-refractivity contribution is -0.0900. The van der Waals surface area contributed by atoms with Gasteiger partial charge in [0.25, 0.3) is 5.91 Å². The zero-order valence-electron chi connectivity index (χ0n) is 17.2. The van der Waals surface area contributed by atoms with E-state index in [0.717, 1.165) is 16.5 Å². The van der Waals surface area contributed by atoms with Crippen molar-refractivity contribution in [3.8, 4) is 0 Å². The van der Waals surface area contributed by atoms with Gasteiger partial charge in [0.2, 0.25) is 0 Å². The summed E-state index contributed by atoms with van der Waals surface area (Å²) in [6.45, 7) is 0.0440. The number of carbonyl (C=O) groups is 1. The van der Waals surface area contributed by atoms with Crippen LogP contribution < -0.4 is 5.32 Å². The number of rotatable bonds is 7. The van der Waals surface area contributed by atoms with Gasteiger partial charge in [-0.25, -0.2) is 0 Å². The normalized spacial score (nSPS) is 22.0. The molecule has 5 unspecified atom stereocenters. The quantitative estimate of drug-likeness (QED) is 0.311. The van der Waals surface area contributed by atoms with E-state index in [4.69, 9.17) is 11.6 Å². The molecule has 1 aliphatic heterocycles. The minimum Gasteiger partial charge on any atom is -0.389 e. The summed E-state index contributed by atoms with van der Waals surface area (Å²) >= 11 is 6.03. The Hall–Kier alpha value is -2.46. The van der Waals surface area contributed by atoms with Crippen molar-refractivity contribution in [3.05, 3.63) is 70.9 Å². The molecule has 0 spiro atoms. The van der Waals surface area contributed by atoms with Crippen molar-refractivity contribution in [3.63, 3.8) is 0 Å². The van der Waals surface area contributed by atoms with E-state index in [-0.39, 0.29) is 19.5 Å². The van der Waals surface area contributed by atoms with Gasteiger partial charge in [-0.3, -0.25) is 9.69 Å². The highest BCUT2D eigenvalue weighted by Crippen LogP contribution is 2.21. The zero-order chi connectivity index (χ0) is 22.8. The third-order valence-electron chi connectivity index (χ3n) is 5.82. The van der Waals surface area contributed by atoms with Gasteiger partial charge in [0.1, 0.15) is 18.0 Å². The number of aromatic nitrogens is 1. The molecule has 6 N–H and O–H groups in total. The maximum atomic E-state index is 13.0. The third kappa shape index (κ3) is 4.96. The van der Waals surface area contributed by atoms with Crippen molar-refractivity contribution in [1.29, 1.82) is 0 Å². The van der Waals surface area contributed by atoms with E-state index in [1.165, 1.54) is 4.90 Å². The Kier molecular flexibility index (Phi) is 6.80. The first-order valence-corrected chi connectivity index (χ1v) is 10.8. The van der Waals surface area contributed by atoms with E-state index < -0.39 is 36.5 Å². The minimum absolute atomic E-state index is 0.0220. The van der Waals surface area contributed by atoms with Gasteiger partial charge in [-0.2, -0.15) is 0 Å². The van der Waals surface area contributed by atoms with Gasteiger partial charge in [-0.15, -0.1) is 0 Å². The lowest BCUT2D eigenvalue weighted by Crippen LogP contribution is -2.55. The van der Waals surface area contributed by atoms with Crippen LogP contribution in [-0.2, 0) is 6.42 Å². The van der Waals surface area contributed by atoms with E-state index in [0.29, 0.717) is 10.7 Å². The highest BCUT2D eigenvalue weighted by molar-refractivity contribution is 6.31. The van der Waals surface area contributed by atoms with Crippen molar-refractivity contribution in [2.75, 3.05) is 13.1 Å². The summed E-state index contributed by atoms with van der Waals surface area (Å²) in [5.74, 6) is -0.439. The van der Waals surface area contributed by atoms with Gasteiger partial charge >= 0.3 is 0 Å². The van der Waals surface area contributed by atoms with Crippen LogP contribution in [0.5, 0.6) is 0 Å². The highest BCUT2D eigenvalue weighted by Gasteiger charge is 2.39. The summed E-state index contributed by atoms with van der Waals surface area (Å²) < 4.78 is 0. The first-order chi connectivity index (χ1) is 15.3. The molecule has 0 saturated carbocycles. The van der Waals surface area contributed by atoms with E-state index in [1.54, 1.807) is 24.3 Å². The topological polar surface area (TPSA) is 129 Å². The number of hydrogen-bond acceptors (Lipinski definition) is 6. The number of β-amino-alcohol motifs (C(OH)–C–C–N with tert-alkyl or cyclic N) is 2. The third-order valence-corrected chi connectivity index (χ3v) is 6.06. The van der Waals surface area contributed by atoms with Gasteiger partial charge in [0.15, 0.2) is 0 Å². The molecule has 0 radical (unpaired) electrons. The van der Waals surface area contributed by atoms with Crippen molar-refractivity contribution < 1.29 is 25.2 Å². The second-order valence-corrected chi connectivity index (χ2v) is 8.61. The van der Waals surface area contributed by atoms with Crippen LogP contribution in [0.3, 0.4) is 0 Å². The molecule has 0 bridgehead atoms. The number of fused-ring (bicyclic) bond motifs is 1. The molecule has 2 aromatic carbocycles. The number of H-pyrrole nitrogens is 1. The van der Waals surface area contributed by atoms with Crippen molar-refractivity contribution in [1.82, 2.24) is 15.2 Å². The maximum Gasteiger partial charge on any atom is 0.268 e. The summed E-state index contributed by atoms with van der Waals surface area (Å²) in [6.07, 6.45) is -4.47. The Balaban J connectivity index is 1.54. The molecule has 170 valence electrons. The van der Waals surface area contributed by atoms with Gasteiger partial charge in [0.05, 0.1) is 18.2 Å². The number of aliphatic hydroxyl groups excluding tert-OH is 4. The number of nitrogens with zero attached hydrogens (tertiary/aromatic N) is 1. The van der Waals surface area contributed by atoms with Crippen LogP contribution >= 0.6 is 11.6 Å². The molecule has 3 aromatic rings. The Bertz CT molecular complexity index is 1070. The molecule has 5 atom stereocenters. The predicted octanol–water partition coefficient (Wildman–Crippen LogP) is 0.879. The van der Waals surface area contributed by atoms with Crippen LogP contribution in [0, 0.1) is 0 Å². The monoisotopic (exact) mass is 459 g/mol. The van der Waals surface area contributed by atoms with Gasteiger partial charge in [0, 0.05) is 29.0 Å². The molecule has 1 saturated heterocycles.